The standard InChI is InChI=1S/C8H13NO3/c1-3-4-5-8(2,7(11)12)9-6-10/h3-5H2,1-2H3,(H,11,12)/t8-/m0/s1. The van der Waals surface area contributed by atoms with Gasteiger partial charge in [0.15, 0.2) is 5.54 Å². The molecule has 0 aromatic carbocycles. The molecule has 0 amide bonds. The van der Waals surface area contributed by atoms with Gasteiger partial charge in [0.05, 0.1) is 0 Å². The summed E-state index contributed by atoms with van der Waals surface area (Å²) in [7, 11) is 0. The highest BCUT2D eigenvalue weighted by molar-refractivity contribution is 5.79. The van der Waals surface area contributed by atoms with Crippen molar-refractivity contribution < 1.29 is 14.7 Å². The summed E-state index contributed by atoms with van der Waals surface area (Å²) in [6.07, 6.45) is 3.31. The number of carbonyl (C=O) groups excluding carboxylic acids is 1. The first-order chi connectivity index (χ1) is 5.56. The first kappa shape index (κ1) is 10.8. The molecule has 1 atom stereocenters. The molecule has 0 aliphatic heterocycles. The highest BCUT2D eigenvalue weighted by Gasteiger charge is 2.31. The molecule has 0 heterocycles. The Bertz CT molecular complexity index is 204. The number of carboxylic acid groups (broad SMARTS) is 1. The van der Waals surface area contributed by atoms with E-state index in [1.54, 1.807) is 0 Å². The van der Waals surface area contributed by atoms with E-state index in [1.165, 1.54) is 13.0 Å². The van der Waals surface area contributed by atoms with Gasteiger partial charge in [0.2, 0.25) is 6.08 Å². The average Bonchev–Trinajstić information content (AvgIpc) is 2.01. The quantitative estimate of drug-likeness (QED) is 0.501. The van der Waals surface area contributed by atoms with E-state index in [0.717, 1.165) is 12.8 Å². The molecule has 0 fully saturated rings. The van der Waals surface area contributed by atoms with Crippen LogP contribution in [0.4, 0.5) is 0 Å². The Labute approximate surface area is 71.3 Å². The van der Waals surface area contributed by atoms with Crippen LogP contribution in [0.15, 0.2) is 4.99 Å². The Morgan fingerprint density at radius 2 is 2.25 bits per heavy atom. The summed E-state index contributed by atoms with van der Waals surface area (Å²) in [4.78, 5) is 23.9. The van der Waals surface area contributed by atoms with E-state index in [4.69, 9.17) is 5.11 Å². The van der Waals surface area contributed by atoms with E-state index < -0.39 is 11.5 Å². The first-order valence-electron chi connectivity index (χ1n) is 3.89. The van der Waals surface area contributed by atoms with E-state index >= 15 is 0 Å². The lowest BCUT2D eigenvalue weighted by Crippen LogP contribution is -2.32. The fraction of sp³-hybridized carbons (Fsp3) is 0.750. The highest BCUT2D eigenvalue weighted by atomic mass is 16.4. The van der Waals surface area contributed by atoms with Crippen LogP contribution in [0.1, 0.15) is 33.1 Å². The van der Waals surface area contributed by atoms with Crippen molar-refractivity contribution in [1.29, 1.82) is 0 Å². The first-order valence-corrected chi connectivity index (χ1v) is 3.89. The van der Waals surface area contributed by atoms with Gasteiger partial charge in [-0.1, -0.05) is 19.8 Å². The molecule has 0 aromatic rings. The van der Waals surface area contributed by atoms with Crippen LogP contribution in [-0.4, -0.2) is 22.7 Å². The molecule has 1 N–H and O–H groups in total. The molecule has 12 heavy (non-hydrogen) atoms. The van der Waals surface area contributed by atoms with Crippen molar-refractivity contribution in [2.75, 3.05) is 0 Å². The summed E-state index contributed by atoms with van der Waals surface area (Å²) in [6.45, 7) is 3.38. The SMILES string of the molecule is CCCC[C@](C)(N=C=O)C(=O)O. The number of carboxylic acids is 1. The molecule has 0 saturated carbocycles. The van der Waals surface area contributed by atoms with Gasteiger partial charge in [-0.05, 0) is 13.3 Å². The average molecular weight is 171 g/mol. The minimum absolute atomic E-state index is 0.383. The van der Waals surface area contributed by atoms with Crippen LogP contribution in [0.5, 0.6) is 0 Å². The maximum absolute atomic E-state index is 10.6. The Morgan fingerprint density at radius 3 is 2.58 bits per heavy atom. The summed E-state index contributed by atoms with van der Waals surface area (Å²) in [5.74, 6) is -1.07. The van der Waals surface area contributed by atoms with Gasteiger partial charge in [0.25, 0.3) is 0 Å². The zero-order valence-electron chi connectivity index (χ0n) is 7.33. The lowest BCUT2D eigenvalue weighted by molar-refractivity contribution is -0.142. The number of rotatable bonds is 5. The number of aliphatic carboxylic acids is 1. The van der Waals surface area contributed by atoms with Crippen molar-refractivity contribution in [2.45, 2.75) is 38.6 Å². The number of isocyanates is 1. The maximum Gasteiger partial charge on any atom is 0.332 e. The van der Waals surface area contributed by atoms with Crippen molar-refractivity contribution in [2.24, 2.45) is 4.99 Å². The van der Waals surface area contributed by atoms with Gasteiger partial charge < -0.3 is 5.11 Å². The Morgan fingerprint density at radius 1 is 1.67 bits per heavy atom. The normalized spacial score (nSPS) is 14.5. The summed E-state index contributed by atoms with van der Waals surface area (Å²) in [6, 6.07) is 0. The monoisotopic (exact) mass is 171 g/mol. The molecule has 68 valence electrons. The summed E-state index contributed by atoms with van der Waals surface area (Å²) in [5, 5.41) is 8.72. The highest BCUT2D eigenvalue weighted by Crippen LogP contribution is 2.18. The van der Waals surface area contributed by atoms with Crippen LogP contribution in [0.2, 0.25) is 0 Å². The Balaban J connectivity index is 4.39. The number of carbonyl (C=O) groups is 1. The number of hydrogen-bond acceptors (Lipinski definition) is 3. The molecule has 4 heteroatoms. The topological polar surface area (TPSA) is 66.7 Å². The number of hydrogen-bond donors (Lipinski definition) is 1. The lowest BCUT2D eigenvalue weighted by Gasteiger charge is -2.16. The molecule has 0 spiro atoms. The molecule has 0 aliphatic carbocycles. The van der Waals surface area contributed by atoms with Gasteiger partial charge in [0.1, 0.15) is 0 Å². The Kier molecular flexibility index (Phi) is 4.22. The lowest BCUT2D eigenvalue weighted by atomic mass is 9.96. The third-order valence-electron chi connectivity index (χ3n) is 1.77. The second-order valence-corrected chi connectivity index (χ2v) is 2.89. The summed E-state index contributed by atoms with van der Waals surface area (Å²) < 4.78 is 0. The number of aliphatic imine (C=N–C) groups is 1. The van der Waals surface area contributed by atoms with E-state index in [9.17, 15) is 9.59 Å². The van der Waals surface area contributed by atoms with Crippen molar-refractivity contribution in [3.8, 4) is 0 Å². The van der Waals surface area contributed by atoms with Crippen LogP contribution < -0.4 is 0 Å². The zero-order chi connectivity index (χ0) is 9.61. The van der Waals surface area contributed by atoms with Gasteiger partial charge in [0, 0.05) is 0 Å². The minimum atomic E-state index is -1.28. The largest absolute Gasteiger partial charge is 0.479 e. The second kappa shape index (κ2) is 4.67. The summed E-state index contributed by atoms with van der Waals surface area (Å²) >= 11 is 0. The number of nitrogens with zero attached hydrogens (tertiary/aromatic N) is 1. The molecule has 0 bridgehead atoms. The predicted octanol–water partition coefficient (Wildman–Crippen LogP) is 1.36. The third kappa shape index (κ3) is 2.84. The molecular formula is C8H13NO3. The van der Waals surface area contributed by atoms with Gasteiger partial charge in [-0.2, -0.15) is 4.99 Å². The van der Waals surface area contributed by atoms with E-state index in [0.29, 0.717) is 6.42 Å². The molecule has 0 saturated heterocycles. The van der Waals surface area contributed by atoms with E-state index in [1.807, 2.05) is 6.92 Å². The number of unbranched alkanes of at least 4 members (excludes halogenated alkanes) is 1. The van der Waals surface area contributed by atoms with Gasteiger partial charge in [-0.25, -0.2) is 9.59 Å². The zero-order valence-corrected chi connectivity index (χ0v) is 7.33. The van der Waals surface area contributed by atoms with Gasteiger partial charge >= 0.3 is 5.97 Å². The van der Waals surface area contributed by atoms with Crippen LogP contribution in [-0.2, 0) is 9.59 Å². The van der Waals surface area contributed by atoms with Crippen molar-refractivity contribution >= 4 is 12.0 Å². The molecule has 0 aliphatic rings. The van der Waals surface area contributed by atoms with Crippen LogP contribution in [0.25, 0.3) is 0 Å². The summed E-state index contributed by atoms with van der Waals surface area (Å²) in [5.41, 5.74) is -1.28. The fourth-order valence-corrected chi connectivity index (χ4v) is 0.832. The van der Waals surface area contributed by atoms with E-state index in [2.05, 4.69) is 4.99 Å². The second-order valence-electron chi connectivity index (χ2n) is 2.89. The Hall–Kier alpha value is -1.15. The van der Waals surface area contributed by atoms with Crippen molar-refractivity contribution in [3.63, 3.8) is 0 Å². The predicted molar refractivity (Wildman–Crippen MR) is 43.7 cm³/mol. The van der Waals surface area contributed by atoms with Crippen LogP contribution in [0.3, 0.4) is 0 Å². The maximum atomic E-state index is 10.6. The molecule has 0 unspecified atom stereocenters. The van der Waals surface area contributed by atoms with Gasteiger partial charge in [-0.3, -0.25) is 0 Å². The van der Waals surface area contributed by atoms with Crippen molar-refractivity contribution in [3.05, 3.63) is 0 Å². The molecule has 4 nitrogen and oxygen atoms in total. The van der Waals surface area contributed by atoms with Gasteiger partial charge in [-0.15, -0.1) is 0 Å². The smallest absolute Gasteiger partial charge is 0.332 e. The molecule has 0 aromatic heterocycles. The van der Waals surface area contributed by atoms with Crippen LogP contribution in [0, 0.1) is 0 Å². The van der Waals surface area contributed by atoms with Crippen LogP contribution >= 0.6 is 0 Å². The molecule has 0 radical (unpaired) electrons. The third-order valence-corrected chi connectivity index (χ3v) is 1.77. The molecule has 0 rings (SSSR count). The molecular weight excluding hydrogens is 158 g/mol. The van der Waals surface area contributed by atoms with E-state index in [-0.39, 0.29) is 0 Å². The van der Waals surface area contributed by atoms with Crippen molar-refractivity contribution in [1.82, 2.24) is 0 Å². The minimum Gasteiger partial charge on any atom is -0.479 e. The fourth-order valence-electron chi connectivity index (χ4n) is 0.832.